The number of carbonyl (C=O) groups excluding carboxylic acids is 1. The van der Waals surface area contributed by atoms with Gasteiger partial charge in [0.1, 0.15) is 11.5 Å². The van der Waals surface area contributed by atoms with Gasteiger partial charge >= 0.3 is 0 Å². The van der Waals surface area contributed by atoms with E-state index in [0.717, 1.165) is 5.56 Å². The highest BCUT2D eigenvalue weighted by molar-refractivity contribution is 6.01. The van der Waals surface area contributed by atoms with Crippen LogP contribution in [-0.4, -0.2) is 21.8 Å². The number of hydrazone groups is 1. The van der Waals surface area contributed by atoms with E-state index >= 15 is 0 Å². The first kappa shape index (κ1) is 14.6. The Bertz CT molecular complexity index is 666. The van der Waals surface area contributed by atoms with Crippen LogP contribution < -0.4 is 5.43 Å². The summed E-state index contributed by atoms with van der Waals surface area (Å²) in [6.07, 6.45) is 0.235. The van der Waals surface area contributed by atoms with Crippen molar-refractivity contribution in [3.05, 3.63) is 59.7 Å². The Kier molecular flexibility index (Phi) is 4.56. The first-order valence-electron chi connectivity index (χ1n) is 6.45. The summed E-state index contributed by atoms with van der Waals surface area (Å²) < 4.78 is 0. The molecule has 0 unspecified atom stereocenters. The van der Waals surface area contributed by atoms with Crippen molar-refractivity contribution in [2.45, 2.75) is 13.3 Å². The van der Waals surface area contributed by atoms with Gasteiger partial charge in [-0.05, 0) is 24.6 Å². The summed E-state index contributed by atoms with van der Waals surface area (Å²) in [7, 11) is 0. The van der Waals surface area contributed by atoms with Crippen LogP contribution >= 0.6 is 0 Å². The summed E-state index contributed by atoms with van der Waals surface area (Å²) in [5.41, 5.74) is 4.25. The predicted molar refractivity (Wildman–Crippen MR) is 80.3 cm³/mol. The number of amides is 1. The van der Waals surface area contributed by atoms with Gasteiger partial charge in [0, 0.05) is 11.6 Å². The summed E-state index contributed by atoms with van der Waals surface area (Å²) in [5.74, 6) is -0.357. The van der Waals surface area contributed by atoms with Gasteiger partial charge in [0.2, 0.25) is 5.91 Å². The Labute approximate surface area is 122 Å². The van der Waals surface area contributed by atoms with Crippen LogP contribution in [0.3, 0.4) is 0 Å². The molecular formula is C16H16N2O3. The van der Waals surface area contributed by atoms with E-state index in [9.17, 15) is 15.0 Å². The van der Waals surface area contributed by atoms with E-state index in [-0.39, 0.29) is 23.8 Å². The summed E-state index contributed by atoms with van der Waals surface area (Å²) in [5, 5.41) is 22.9. The van der Waals surface area contributed by atoms with Gasteiger partial charge in [-0.25, -0.2) is 5.43 Å². The molecule has 0 heterocycles. The zero-order chi connectivity index (χ0) is 15.2. The maximum absolute atomic E-state index is 11.8. The number of nitrogens with one attached hydrogen (secondary N) is 1. The predicted octanol–water partition coefficient (Wildman–Crippen LogP) is 2.18. The lowest BCUT2D eigenvalue weighted by atomic mass is 10.1. The second kappa shape index (κ2) is 6.56. The van der Waals surface area contributed by atoms with Crippen LogP contribution in [0.15, 0.2) is 53.6 Å². The molecule has 0 fully saturated rings. The Morgan fingerprint density at radius 2 is 1.86 bits per heavy atom. The quantitative estimate of drug-likeness (QED) is 0.594. The molecule has 0 atom stereocenters. The Morgan fingerprint density at radius 1 is 1.14 bits per heavy atom. The lowest BCUT2D eigenvalue weighted by Crippen LogP contribution is -2.21. The molecule has 108 valence electrons. The van der Waals surface area contributed by atoms with Gasteiger partial charge < -0.3 is 10.2 Å². The lowest BCUT2D eigenvalue weighted by molar-refractivity contribution is -0.120. The fourth-order valence-electron chi connectivity index (χ4n) is 1.85. The minimum Gasteiger partial charge on any atom is -0.508 e. The molecule has 0 spiro atoms. The van der Waals surface area contributed by atoms with E-state index in [1.807, 2.05) is 30.3 Å². The molecule has 0 saturated heterocycles. The summed E-state index contributed by atoms with van der Waals surface area (Å²) >= 11 is 0. The summed E-state index contributed by atoms with van der Waals surface area (Å²) in [6.45, 7) is 1.66. The molecule has 2 rings (SSSR count). The molecule has 5 heteroatoms. The standard InChI is InChI=1S/C16H16N2O3/c1-11(14-8-7-13(19)10-15(14)20)17-18-16(21)9-12-5-3-2-4-6-12/h2-8,10,19-20H,9H2,1H3,(H,18,21)/b17-11-. The van der Waals surface area contributed by atoms with E-state index in [4.69, 9.17) is 0 Å². The minimum absolute atomic E-state index is 0.0304. The molecule has 0 aliphatic heterocycles. The maximum Gasteiger partial charge on any atom is 0.244 e. The zero-order valence-electron chi connectivity index (χ0n) is 11.6. The topological polar surface area (TPSA) is 81.9 Å². The van der Waals surface area contributed by atoms with Crippen LogP contribution in [0.1, 0.15) is 18.1 Å². The normalized spacial score (nSPS) is 11.2. The Hall–Kier alpha value is -2.82. The van der Waals surface area contributed by atoms with E-state index < -0.39 is 0 Å². The Balaban J connectivity index is 2.01. The molecule has 0 aromatic heterocycles. The maximum atomic E-state index is 11.8. The van der Waals surface area contributed by atoms with Gasteiger partial charge in [-0.2, -0.15) is 5.10 Å². The van der Waals surface area contributed by atoms with Gasteiger partial charge in [0.05, 0.1) is 12.1 Å². The number of phenols is 2. The number of phenolic OH excluding ortho intramolecular Hbond substituents is 2. The largest absolute Gasteiger partial charge is 0.508 e. The van der Waals surface area contributed by atoms with E-state index in [0.29, 0.717) is 11.3 Å². The fraction of sp³-hybridized carbons (Fsp3) is 0.125. The third-order valence-electron chi connectivity index (χ3n) is 2.93. The van der Waals surface area contributed by atoms with Crippen LogP contribution in [0.2, 0.25) is 0 Å². The van der Waals surface area contributed by atoms with E-state index in [2.05, 4.69) is 10.5 Å². The fourth-order valence-corrected chi connectivity index (χ4v) is 1.85. The van der Waals surface area contributed by atoms with Crippen molar-refractivity contribution < 1.29 is 15.0 Å². The van der Waals surface area contributed by atoms with Crippen molar-refractivity contribution in [3.8, 4) is 11.5 Å². The van der Waals surface area contributed by atoms with Crippen LogP contribution in [0, 0.1) is 0 Å². The molecule has 0 radical (unpaired) electrons. The third-order valence-corrected chi connectivity index (χ3v) is 2.93. The van der Waals surface area contributed by atoms with E-state index in [1.54, 1.807) is 6.92 Å². The van der Waals surface area contributed by atoms with Crippen molar-refractivity contribution in [1.82, 2.24) is 5.43 Å². The van der Waals surface area contributed by atoms with Gasteiger partial charge in [-0.1, -0.05) is 30.3 Å². The van der Waals surface area contributed by atoms with Gasteiger partial charge in [-0.15, -0.1) is 0 Å². The SMILES string of the molecule is C/C(=N/NC(=O)Cc1ccccc1)c1ccc(O)cc1O. The highest BCUT2D eigenvalue weighted by atomic mass is 16.3. The number of hydrogen-bond donors (Lipinski definition) is 3. The Morgan fingerprint density at radius 3 is 2.52 bits per heavy atom. The molecule has 5 nitrogen and oxygen atoms in total. The first-order chi connectivity index (χ1) is 10.1. The van der Waals surface area contributed by atoms with Crippen molar-refractivity contribution >= 4 is 11.6 Å². The molecule has 0 bridgehead atoms. The van der Waals surface area contributed by atoms with Crippen LogP contribution in [0.25, 0.3) is 0 Å². The van der Waals surface area contributed by atoms with Gasteiger partial charge in [-0.3, -0.25) is 4.79 Å². The zero-order valence-corrected chi connectivity index (χ0v) is 11.6. The first-order valence-corrected chi connectivity index (χ1v) is 6.45. The number of carbonyl (C=O) groups is 1. The molecular weight excluding hydrogens is 268 g/mol. The van der Waals surface area contributed by atoms with Crippen LogP contribution in [-0.2, 0) is 11.2 Å². The van der Waals surface area contributed by atoms with Crippen LogP contribution in [0.5, 0.6) is 11.5 Å². The number of hydrogen-bond acceptors (Lipinski definition) is 4. The number of rotatable bonds is 4. The molecule has 21 heavy (non-hydrogen) atoms. The lowest BCUT2D eigenvalue weighted by Gasteiger charge is -2.05. The van der Waals surface area contributed by atoms with Crippen LogP contribution in [0.4, 0.5) is 0 Å². The molecule has 2 aromatic carbocycles. The van der Waals surface area contributed by atoms with E-state index in [1.165, 1.54) is 18.2 Å². The summed E-state index contributed by atoms with van der Waals surface area (Å²) in [4.78, 5) is 11.8. The minimum atomic E-state index is -0.237. The molecule has 1 amide bonds. The monoisotopic (exact) mass is 284 g/mol. The summed E-state index contributed by atoms with van der Waals surface area (Å²) in [6, 6.07) is 13.5. The average Bonchev–Trinajstić information content (AvgIpc) is 2.46. The third kappa shape index (κ3) is 4.07. The highest BCUT2D eigenvalue weighted by Gasteiger charge is 2.07. The highest BCUT2D eigenvalue weighted by Crippen LogP contribution is 2.22. The van der Waals surface area contributed by atoms with Crippen molar-refractivity contribution in [1.29, 1.82) is 0 Å². The molecule has 0 aliphatic carbocycles. The molecule has 2 aromatic rings. The number of aromatic hydroxyl groups is 2. The smallest absolute Gasteiger partial charge is 0.244 e. The number of benzene rings is 2. The molecule has 0 aliphatic rings. The molecule has 0 saturated carbocycles. The van der Waals surface area contributed by atoms with Gasteiger partial charge in [0.25, 0.3) is 0 Å². The average molecular weight is 284 g/mol. The second-order valence-electron chi connectivity index (χ2n) is 4.60. The number of nitrogens with zero attached hydrogens (tertiary/aromatic N) is 1. The molecule has 3 N–H and O–H groups in total. The van der Waals surface area contributed by atoms with Gasteiger partial charge in [0.15, 0.2) is 0 Å². The van der Waals surface area contributed by atoms with Crippen molar-refractivity contribution in [3.63, 3.8) is 0 Å². The van der Waals surface area contributed by atoms with Crippen molar-refractivity contribution in [2.75, 3.05) is 0 Å². The second-order valence-corrected chi connectivity index (χ2v) is 4.60. The van der Waals surface area contributed by atoms with Crippen molar-refractivity contribution in [2.24, 2.45) is 5.10 Å².